The Morgan fingerprint density at radius 3 is 2.63 bits per heavy atom. The van der Waals surface area contributed by atoms with E-state index in [2.05, 4.69) is 15.0 Å². The largest absolute Gasteiger partial charge is 0.465 e. The first-order valence-electron chi connectivity index (χ1n) is 8.56. The van der Waals surface area contributed by atoms with E-state index in [-0.39, 0.29) is 22.9 Å². The number of ether oxygens (including phenoxy) is 1. The van der Waals surface area contributed by atoms with Gasteiger partial charge in [0, 0.05) is 22.6 Å². The Morgan fingerprint density at radius 2 is 1.96 bits per heavy atom. The second kappa shape index (κ2) is 7.83. The molecule has 0 spiro atoms. The highest BCUT2D eigenvalue weighted by atomic mass is 32.1. The van der Waals surface area contributed by atoms with Crippen LogP contribution in [0.15, 0.2) is 18.2 Å². The van der Waals surface area contributed by atoms with E-state index in [1.165, 1.54) is 18.1 Å². The number of aromatic nitrogens is 1. The third-order valence-corrected chi connectivity index (χ3v) is 5.73. The van der Waals surface area contributed by atoms with Crippen molar-refractivity contribution in [3.05, 3.63) is 55.0 Å². The molecule has 1 atom stereocenters. The van der Waals surface area contributed by atoms with E-state index >= 15 is 0 Å². The first-order chi connectivity index (χ1) is 12.9. The Bertz CT molecular complexity index is 885. The quantitative estimate of drug-likeness (QED) is 0.477. The number of fused-ring (bicyclic) bond motifs is 1. The molecule has 0 fully saturated rings. The molecule has 1 aliphatic rings. The second-order valence-electron chi connectivity index (χ2n) is 6.34. The lowest BCUT2D eigenvalue weighted by Crippen LogP contribution is -2.27. The number of carbonyl (C=O) groups excluding carboxylic acids is 2. The molecule has 2 aromatic rings. The maximum absolute atomic E-state index is 12.6. The van der Waals surface area contributed by atoms with Crippen molar-refractivity contribution in [3.8, 4) is 0 Å². The highest BCUT2D eigenvalue weighted by Crippen LogP contribution is 2.30. The van der Waals surface area contributed by atoms with Gasteiger partial charge in [0.2, 0.25) is 0 Å². The highest BCUT2D eigenvalue weighted by molar-refractivity contribution is 7.11. The van der Waals surface area contributed by atoms with Crippen molar-refractivity contribution in [3.63, 3.8) is 0 Å². The predicted octanol–water partition coefficient (Wildman–Crippen LogP) is 3.21. The Labute approximate surface area is 159 Å². The molecule has 1 heterocycles. The molecular formula is C18H19N3O5S. The van der Waals surface area contributed by atoms with Crippen LogP contribution in [0.1, 0.15) is 62.1 Å². The number of hydrogen-bond donors (Lipinski definition) is 1. The molecule has 1 N–H and O–H groups in total. The number of hydrogen-bond acceptors (Lipinski definition) is 7. The van der Waals surface area contributed by atoms with Gasteiger partial charge in [0.25, 0.3) is 11.6 Å². The van der Waals surface area contributed by atoms with Gasteiger partial charge in [0.05, 0.1) is 29.3 Å². The number of methoxy groups -OCH3 is 1. The number of carbonyl (C=O) groups is 2. The van der Waals surface area contributed by atoms with Crippen LogP contribution in [0.2, 0.25) is 0 Å². The van der Waals surface area contributed by atoms with Crippen molar-refractivity contribution in [2.75, 3.05) is 7.11 Å². The van der Waals surface area contributed by atoms with Crippen molar-refractivity contribution < 1.29 is 19.2 Å². The van der Waals surface area contributed by atoms with Crippen molar-refractivity contribution in [2.24, 2.45) is 0 Å². The third kappa shape index (κ3) is 4.13. The number of nitrogens with one attached hydrogen (secondary N) is 1. The Balaban J connectivity index is 1.82. The summed E-state index contributed by atoms with van der Waals surface area (Å²) in [6.45, 7) is 1.82. The number of non-ortho nitro benzene ring substituents is 1. The Hall–Kier alpha value is -2.81. The fraction of sp³-hybridized carbons (Fsp3) is 0.389. The topological polar surface area (TPSA) is 111 Å². The van der Waals surface area contributed by atoms with Gasteiger partial charge in [-0.25, -0.2) is 9.78 Å². The highest BCUT2D eigenvalue weighted by Gasteiger charge is 2.22. The van der Waals surface area contributed by atoms with E-state index < -0.39 is 16.8 Å². The number of aryl methyl sites for hydroxylation is 2. The number of nitro groups is 1. The van der Waals surface area contributed by atoms with E-state index in [9.17, 15) is 19.7 Å². The molecular weight excluding hydrogens is 370 g/mol. The number of amides is 1. The van der Waals surface area contributed by atoms with Crippen molar-refractivity contribution in [1.29, 1.82) is 0 Å². The summed E-state index contributed by atoms with van der Waals surface area (Å²) in [5.41, 5.74) is 0.734. The minimum absolute atomic E-state index is 0.0257. The summed E-state index contributed by atoms with van der Waals surface area (Å²) in [6.07, 6.45) is 4.25. The maximum Gasteiger partial charge on any atom is 0.338 e. The summed E-state index contributed by atoms with van der Waals surface area (Å²) in [6, 6.07) is 3.17. The molecule has 0 aliphatic heterocycles. The second-order valence-corrected chi connectivity index (χ2v) is 7.46. The van der Waals surface area contributed by atoms with Gasteiger partial charge >= 0.3 is 5.97 Å². The summed E-state index contributed by atoms with van der Waals surface area (Å²) in [4.78, 5) is 40.7. The van der Waals surface area contributed by atoms with E-state index in [1.54, 1.807) is 11.3 Å². The maximum atomic E-state index is 12.6. The van der Waals surface area contributed by atoms with Gasteiger partial charge in [0.1, 0.15) is 5.01 Å². The number of thiazole rings is 1. The van der Waals surface area contributed by atoms with Gasteiger partial charge in [-0.1, -0.05) is 0 Å². The van der Waals surface area contributed by atoms with Gasteiger partial charge in [-0.05, 0) is 38.7 Å². The van der Waals surface area contributed by atoms with Gasteiger partial charge in [-0.15, -0.1) is 11.3 Å². The number of benzene rings is 1. The zero-order chi connectivity index (χ0) is 19.6. The van der Waals surface area contributed by atoms with Crippen LogP contribution in [-0.2, 0) is 17.6 Å². The van der Waals surface area contributed by atoms with Crippen LogP contribution in [0.3, 0.4) is 0 Å². The molecule has 1 amide bonds. The molecule has 0 bridgehead atoms. The zero-order valence-corrected chi connectivity index (χ0v) is 15.8. The fourth-order valence-corrected chi connectivity index (χ4v) is 4.14. The normalized spacial score (nSPS) is 14.1. The molecule has 9 heteroatoms. The van der Waals surface area contributed by atoms with Gasteiger partial charge < -0.3 is 10.1 Å². The Kier molecular flexibility index (Phi) is 5.50. The van der Waals surface area contributed by atoms with Crippen molar-refractivity contribution in [2.45, 2.75) is 38.6 Å². The molecule has 0 saturated carbocycles. The molecule has 1 aliphatic carbocycles. The molecule has 0 radical (unpaired) electrons. The average Bonchev–Trinajstić information content (AvgIpc) is 3.11. The number of esters is 1. The lowest BCUT2D eigenvalue weighted by molar-refractivity contribution is -0.384. The monoisotopic (exact) mass is 389 g/mol. The standard InChI is InChI=1S/C18H19N3O5S/c1-10(17-20-14-5-3-4-6-15(14)27-17)19-16(22)11-7-12(18(23)26-2)9-13(8-11)21(24)25/h7-10H,3-6H2,1-2H3,(H,19,22). The van der Waals surface area contributed by atoms with Crippen LogP contribution in [0.25, 0.3) is 0 Å². The first-order valence-corrected chi connectivity index (χ1v) is 9.38. The zero-order valence-electron chi connectivity index (χ0n) is 15.0. The van der Waals surface area contributed by atoms with E-state index in [0.717, 1.165) is 48.5 Å². The summed E-state index contributed by atoms with van der Waals surface area (Å²) < 4.78 is 4.60. The third-order valence-electron chi connectivity index (χ3n) is 4.39. The molecule has 27 heavy (non-hydrogen) atoms. The van der Waals surface area contributed by atoms with E-state index in [0.29, 0.717) is 0 Å². The molecule has 142 valence electrons. The molecule has 3 rings (SSSR count). The van der Waals surface area contributed by atoms with Crippen LogP contribution >= 0.6 is 11.3 Å². The minimum atomic E-state index is -0.742. The van der Waals surface area contributed by atoms with E-state index in [1.807, 2.05) is 6.92 Å². The van der Waals surface area contributed by atoms with Gasteiger partial charge in [0.15, 0.2) is 0 Å². The summed E-state index contributed by atoms with van der Waals surface area (Å²) in [5, 5.41) is 14.7. The fourth-order valence-electron chi connectivity index (χ4n) is 2.98. The smallest absolute Gasteiger partial charge is 0.338 e. The van der Waals surface area contributed by atoms with Crippen LogP contribution in [0, 0.1) is 10.1 Å². The molecule has 0 saturated heterocycles. The van der Waals surface area contributed by atoms with Crippen LogP contribution in [-0.4, -0.2) is 28.9 Å². The lowest BCUT2D eigenvalue weighted by Gasteiger charge is -2.12. The molecule has 8 nitrogen and oxygen atoms in total. The summed E-state index contributed by atoms with van der Waals surface area (Å²) in [5.74, 6) is -1.25. The van der Waals surface area contributed by atoms with Crippen molar-refractivity contribution in [1.82, 2.24) is 10.3 Å². The summed E-state index contributed by atoms with van der Waals surface area (Å²) in [7, 11) is 1.17. The van der Waals surface area contributed by atoms with Crippen molar-refractivity contribution >= 4 is 28.9 Å². The number of nitrogens with zero attached hydrogens (tertiary/aromatic N) is 2. The number of rotatable bonds is 5. The molecule has 1 aromatic heterocycles. The first kappa shape index (κ1) is 19.0. The predicted molar refractivity (Wildman–Crippen MR) is 99.1 cm³/mol. The van der Waals surface area contributed by atoms with Crippen LogP contribution in [0.5, 0.6) is 0 Å². The summed E-state index contributed by atoms with van der Waals surface area (Å²) >= 11 is 1.59. The van der Waals surface area contributed by atoms with E-state index in [4.69, 9.17) is 0 Å². The lowest BCUT2D eigenvalue weighted by atomic mass is 10.0. The SMILES string of the molecule is COC(=O)c1cc(C(=O)NC(C)c2nc3c(s2)CCCC3)cc([N+](=O)[O-])c1. The molecule has 1 aromatic carbocycles. The minimum Gasteiger partial charge on any atom is -0.465 e. The van der Waals surface area contributed by atoms with Crippen LogP contribution < -0.4 is 5.32 Å². The number of nitro benzene ring substituents is 1. The van der Waals surface area contributed by atoms with Gasteiger partial charge in [-0.2, -0.15) is 0 Å². The van der Waals surface area contributed by atoms with Crippen LogP contribution in [0.4, 0.5) is 5.69 Å². The average molecular weight is 389 g/mol. The van der Waals surface area contributed by atoms with Gasteiger partial charge in [-0.3, -0.25) is 14.9 Å². The molecule has 1 unspecified atom stereocenters. The Morgan fingerprint density at radius 1 is 1.26 bits per heavy atom.